The normalized spacial score (nSPS) is 26.6. The van der Waals surface area contributed by atoms with Crippen LogP contribution in [-0.4, -0.2) is 30.0 Å². The van der Waals surface area contributed by atoms with Crippen LogP contribution in [0, 0.1) is 0 Å². The van der Waals surface area contributed by atoms with Gasteiger partial charge in [-0.05, 0) is 37.9 Å². The third-order valence-electron chi connectivity index (χ3n) is 4.70. The number of benzene rings is 1. The summed E-state index contributed by atoms with van der Waals surface area (Å²) in [6.45, 7) is 2.26. The predicted octanol–water partition coefficient (Wildman–Crippen LogP) is 2.61. The van der Waals surface area contributed by atoms with Crippen LogP contribution in [0.3, 0.4) is 0 Å². The number of H-pyrrole nitrogens is 1. The summed E-state index contributed by atoms with van der Waals surface area (Å²) < 4.78 is 0. The van der Waals surface area contributed by atoms with Gasteiger partial charge in [0.1, 0.15) is 5.66 Å². The van der Waals surface area contributed by atoms with E-state index in [0.717, 1.165) is 13.0 Å². The predicted molar refractivity (Wildman–Crippen MR) is 80.8 cm³/mol. The molecule has 3 nitrogen and oxygen atoms in total. The van der Waals surface area contributed by atoms with Crippen molar-refractivity contribution in [3.63, 3.8) is 0 Å². The van der Waals surface area contributed by atoms with Crippen LogP contribution in [-0.2, 0) is 12.1 Å². The quantitative estimate of drug-likeness (QED) is 0.776. The van der Waals surface area contributed by atoms with Gasteiger partial charge in [-0.25, -0.2) is 0 Å². The second-order valence-electron chi connectivity index (χ2n) is 5.59. The Balaban J connectivity index is 0.00000110. The highest BCUT2D eigenvalue weighted by Crippen LogP contribution is 2.41. The summed E-state index contributed by atoms with van der Waals surface area (Å²) in [6.07, 6.45) is 3.62. The Morgan fingerprint density at radius 2 is 2.11 bits per heavy atom. The molecule has 2 aromatic rings. The molecule has 1 fully saturated rings. The first-order valence-corrected chi connectivity index (χ1v) is 6.88. The van der Waals surface area contributed by atoms with Gasteiger partial charge in [-0.2, -0.15) is 0 Å². The molecule has 2 aliphatic rings. The first-order valence-electron chi connectivity index (χ1n) is 6.88. The van der Waals surface area contributed by atoms with E-state index in [2.05, 4.69) is 46.5 Å². The second-order valence-corrected chi connectivity index (χ2v) is 5.59. The van der Waals surface area contributed by atoms with Gasteiger partial charge in [0.2, 0.25) is 0 Å². The van der Waals surface area contributed by atoms with Crippen LogP contribution >= 0.6 is 12.4 Å². The Bertz CT molecular complexity index is 606. The summed E-state index contributed by atoms with van der Waals surface area (Å²) in [7, 11) is 2.24. The van der Waals surface area contributed by atoms with Crippen LogP contribution in [0.5, 0.6) is 0 Å². The van der Waals surface area contributed by atoms with Gasteiger partial charge >= 0.3 is 0 Å². The molecule has 0 aliphatic carbocycles. The molecule has 0 bridgehead atoms. The van der Waals surface area contributed by atoms with Crippen molar-refractivity contribution < 1.29 is 0 Å². The van der Waals surface area contributed by atoms with E-state index in [1.807, 2.05) is 0 Å². The third kappa shape index (κ3) is 1.65. The van der Waals surface area contributed by atoms with E-state index < -0.39 is 0 Å². The molecule has 0 radical (unpaired) electrons. The van der Waals surface area contributed by atoms with E-state index in [1.165, 1.54) is 41.5 Å². The fraction of sp³-hybridized carbons (Fsp3) is 0.467. The van der Waals surface area contributed by atoms with Gasteiger partial charge in [0.05, 0.1) is 5.69 Å². The lowest BCUT2D eigenvalue weighted by Crippen LogP contribution is -2.54. The third-order valence-corrected chi connectivity index (χ3v) is 4.70. The molecule has 1 aromatic carbocycles. The SMILES string of the molecule is CN1CCCC12NCCc1c2[nH]c2ccccc12.Cl. The molecule has 0 saturated carbocycles. The molecule has 4 heteroatoms. The highest BCUT2D eigenvalue weighted by Gasteiger charge is 2.44. The molecule has 1 unspecified atom stereocenters. The van der Waals surface area contributed by atoms with Gasteiger partial charge in [-0.1, -0.05) is 18.2 Å². The maximum absolute atomic E-state index is 3.76. The van der Waals surface area contributed by atoms with Crippen molar-refractivity contribution in [1.29, 1.82) is 0 Å². The Morgan fingerprint density at radius 3 is 2.89 bits per heavy atom. The zero-order valence-electron chi connectivity index (χ0n) is 11.2. The number of hydrogen-bond acceptors (Lipinski definition) is 2. The number of likely N-dealkylation sites (tertiary alicyclic amines) is 1. The van der Waals surface area contributed by atoms with Gasteiger partial charge in [0, 0.05) is 24.0 Å². The molecule has 2 N–H and O–H groups in total. The number of nitrogens with zero attached hydrogens (tertiary/aromatic N) is 1. The minimum atomic E-state index is 0. The van der Waals surface area contributed by atoms with Crippen molar-refractivity contribution >= 4 is 23.3 Å². The minimum absolute atomic E-state index is 0. The van der Waals surface area contributed by atoms with Crippen LogP contribution in [0.2, 0.25) is 0 Å². The highest BCUT2D eigenvalue weighted by atomic mass is 35.5. The lowest BCUT2D eigenvalue weighted by atomic mass is 9.92. The number of aromatic amines is 1. The van der Waals surface area contributed by atoms with Gasteiger partial charge in [-0.15, -0.1) is 12.4 Å². The number of rotatable bonds is 0. The Morgan fingerprint density at radius 1 is 1.26 bits per heavy atom. The van der Waals surface area contributed by atoms with E-state index in [9.17, 15) is 0 Å². The molecule has 1 spiro atoms. The number of nitrogens with one attached hydrogen (secondary N) is 2. The van der Waals surface area contributed by atoms with Crippen LogP contribution in [0.15, 0.2) is 24.3 Å². The fourth-order valence-corrected chi connectivity index (χ4v) is 3.79. The van der Waals surface area contributed by atoms with E-state index >= 15 is 0 Å². The number of aromatic nitrogens is 1. The van der Waals surface area contributed by atoms with Crippen molar-refractivity contribution in [1.82, 2.24) is 15.2 Å². The maximum atomic E-state index is 3.76. The van der Waals surface area contributed by atoms with Crippen molar-refractivity contribution in [3.05, 3.63) is 35.5 Å². The molecule has 1 saturated heterocycles. The lowest BCUT2D eigenvalue weighted by Gasteiger charge is -2.40. The number of hydrogen-bond donors (Lipinski definition) is 2. The Labute approximate surface area is 119 Å². The van der Waals surface area contributed by atoms with E-state index in [-0.39, 0.29) is 18.1 Å². The highest BCUT2D eigenvalue weighted by molar-refractivity contribution is 5.85. The fourth-order valence-electron chi connectivity index (χ4n) is 3.79. The number of fused-ring (bicyclic) bond motifs is 4. The zero-order chi connectivity index (χ0) is 12.2. The monoisotopic (exact) mass is 277 g/mol. The van der Waals surface area contributed by atoms with Crippen LogP contribution < -0.4 is 5.32 Å². The van der Waals surface area contributed by atoms with Gasteiger partial charge in [0.15, 0.2) is 0 Å². The van der Waals surface area contributed by atoms with Gasteiger partial charge in [0.25, 0.3) is 0 Å². The summed E-state index contributed by atoms with van der Waals surface area (Å²) in [6, 6.07) is 8.70. The molecule has 3 heterocycles. The second kappa shape index (κ2) is 4.51. The van der Waals surface area contributed by atoms with Gasteiger partial charge < -0.3 is 4.98 Å². The molecule has 4 rings (SSSR count). The Hall–Kier alpha value is -1.03. The molecule has 19 heavy (non-hydrogen) atoms. The van der Waals surface area contributed by atoms with Crippen LogP contribution in [0.1, 0.15) is 24.1 Å². The van der Waals surface area contributed by atoms with E-state index in [4.69, 9.17) is 0 Å². The van der Waals surface area contributed by atoms with Crippen LogP contribution in [0.25, 0.3) is 10.9 Å². The summed E-state index contributed by atoms with van der Waals surface area (Å²) >= 11 is 0. The van der Waals surface area contributed by atoms with E-state index in [1.54, 1.807) is 0 Å². The summed E-state index contributed by atoms with van der Waals surface area (Å²) in [5, 5.41) is 5.17. The number of para-hydroxylation sites is 1. The molecule has 1 atom stereocenters. The minimum Gasteiger partial charge on any atom is -0.355 e. The summed E-state index contributed by atoms with van der Waals surface area (Å²) in [5.41, 5.74) is 4.28. The maximum Gasteiger partial charge on any atom is 0.113 e. The van der Waals surface area contributed by atoms with E-state index in [0.29, 0.717) is 0 Å². The van der Waals surface area contributed by atoms with Crippen molar-refractivity contribution in [2.75, 3.05) is 20.1 Å². The first kappa shape index (κ1) is 13.0. The van der Waals surface area contributed by atoms with Crippen molar-refractivity contribution in [2.24, 2.45) is 0 Å². The summed E-state index contributed by atoms with van der Waals surface area (Å²) in [4.78, 5) is 6.15. The van der Waals surface area contributed by atoms with Crippen molar-refractivity contribution in [3.8, 4) is 0 Å². The average Bonchev–Trinajstić information content (AvgIpc) is 2.94. The standard InChI is InChI=1S/C15H19N3.ClH/c1-18-10-4-8-15(18)14-12(7-9-16-15)11-5-2-3-6-13(11)17-14;/h2-3,5-6,16-17H,4,7-10H2,1H3;1H. The smallest absolute Gasteiger partial charge is 0.113 e. The van der Waals surface area contributed by atoms with Crippen molar-refractivity contribution in [2.45, 2.75) is 24.9 Å². The molecule has 2 aliphatic heterocycles. The summed E-state index contributed by atoms with van der Waals surface area (Å²) in [5.74, 6) is 0. The lowest BCUT2D eigenvalue weighted by molar-refractivity contribution is 0.115. The number of halogens is 1. The molecular formula is C15H20ClN3. The van der Waals surface area contributed by atoms with Gasteiger partial charge in [-0.3, -0.25) is 10.2 Å². The molecular weight excluding hydrogens is 258 g/mol. The Kier molecular flexibility index (Phi) is 3.08. The van der Waals surface area contributed by atoms with Crippen LogP contribution in [0.4, 0.5) is 0 Å². The molecule has 1 aromatic heterocycles. The largest absolute Gasteiger partial charge is 0.355 e. The zero-order valence-corrected chi connectivity index (χ0v) is 12.0. The topological polar surface area (TPSA) is 31.1 Å². The first-order chi connectivity index (χ1) is 8.81. The molecule has 0 amide bonds. The average molecular weight is 278 g/mol. The molecule has 102 valence electrons.